The third kappa shape index (κ3) is 4.43. The average Bonchev–Trinajstić information content (AvgIpc) is 2.82. The van der Waals surface area contributed by atoms with Gasteiger partial charge in [0.1, 0.15) is 0 Å². The first kappa shape index (κ1) is 21.8. The van der Waals surface area contributed by atoms with Crippen molar-refractivity contribution in [2.45, 2.75) is 19.9 Å². The van der Waals surface area contributed by atoms with Crippen molar-refractivity contribution in [3.63, 3.8) is 0 Å². The molecule has 5 nitrogen and oxygen atoms in total. The van der Waals surface area contributed by atoms with E-state index in [9.17, 15) is 14.7 Å². The topological polar surface area (TPSA) is 60.9 Å². The lowest BCUT2D eigenvalue weighted by molar-refractivity contribution is 0.0582. The summed E-state index contributed by atoms with van der Waals surface area (Å²) in [5, 5.41) is 9.45. The van der Waals surface area contributed by atoms with Crippen molar-refractivity contribution < 1.29 is 14.7 Å². The minimum atomic E-state index is -1.08. The summed E-state index contributed by atoms with van der Waals surface area (Å²) in [5.41, 5.74) is 5.30. The van der Waals surface area contributed by atoms with Gasteiger partial charge in [0.15, 0.2) is 0 Å². The molecule has 0 unspecified atom stereocenters. The van der Waals surface area contributed by atoms with E-state index >= 15 is 0 Å². The molecule has 0 saturated carbocycles. The molecule has 0 spiro atoms. The van der Waals surface area contributed by atoms with Crippen molar-refractivity contribution in [1.82, 2.24) is 9.80 Å². The number of carboxylic acid groups (broad SMARTS) is 1. The molecule has 5 heteroatoms. The SMILES string of the molecule is Cc1ccc(C)c([C@@H](c2ccccc2)N2CCN(C(=O)c3ccccc3C(=O)O)CC2)c1. The Kier molecular flexibility index (Phi) is 6.37. The zero-order chi connectivity index (χ0) is 22.7. The first-order valence-electron chi connectivity index (χ1n) is 10.9. The fourth-order valence-corrected chi connectivity index (χ4v) is 4.49. The van der Waals surface area contributed by atoms with Crippen LogP contribution in [0.25, 0.3) is 0 Å². The van der Waals surface area contributed by atoms with Crippen LogP contribution < -0.4 is 0 Å². The third-order valence-corrected chi connectivity index (χ3v) is 6.20. The fourth-order valence-electron chi connectivity index (χ4n) is 4.49. The maximum Gasteiger partial charge on any atom is 0.336 e. The quantitative estimate of drug-likeness (QED) is 0.648. The summed E-state index contributed by atoms with van der Waals surface area (Å²) in [6, 6.07) is 23.6. The maximum absolute atomic E-state index is 13.1. The smallest absolute Gasteiger partial charge is 0.336 e. The molecule has 1 amide bonds. The van der Waals surface area contributed by atoms with Gasteiger partial charge in [0.05, 0.1) is 17.2 Å². The molecule has 164 valence electrons. The second-order valence-electron chi connectivity index (χ2n) is 8.35. The lowest BCUT2D eigenvalue weighted by Crippen LogP contribution is -2.50. The summed E-state index contributed by atoms with van der Waals surface area (Å²) in [6.45, 7) is 6.80. The normalized spacial score (nSPS) is 15.4. The second-order valence-corrected chi connectivity index (χ2v) is 8.35. The molecular formula is C27H28N2O3. The third-order valence-electron chi connectivity index (χ3n) is 6.20. The Bertz CT molecular complexity index is 1120. The zero-order valence-electron chi connectivity index (χ0n) is 18.5. The Morgan fingerprint density at radius 1 is 0.812 bits per heavy atom. The molecule has 0 radical (unpaired) electrons. The molecule has 4 rings (SSSR count). The number of nitrogens with zero attached hydrogens (tertiary/aromatic N) is 2. The summed E-state index contributed by atoms with van der Waals surface area (Å²) < 4.78 is 0. The van der Waals surface area contributed by atoms with Gasteiger partial charge in [-0.05, 0) is 42.7 Å². The minimum Gasteiger partial charge on any atom is -0.478 e. The lowest BCUT2D eigenvalue weighted by atomic mass is 9.92. The molecule has 1 aliphatic heterocycles. The van der Waals surface area contributed by atoms with Crippen LogP contribution >= 0.6 is 0 Å². The second kappa shape index (κ2) is 9.37. The summed E-state index contributed by atoms with van der Waals surface area (Å²) in [4.78, 5) is 28.8. The maximum atomic E-state index is 13.1. The van der Waals surface area contributed by atoms with Gasteiger partial charge in [0, 0.05) is 26.2 Å². The van der Waals surface area contributed by atoms with Crippen LogP contribution in [0.15, 0.2) is 72.8 Å². The van der Waals surface area contributed by atoms with Crippen molar-refractivity contribution in [3.05, 3.63) is 106 Å². The summed E-state index contributed by atoms with van der Waals surface area (Å²) in [5.74, 6) is -1.29. The highest BCUT2D eigenvalue weighted by atomic mass is 16.4. The van der Waals surface area contributed by atoms with Crippen molar-refractivity contribution >= 4 is 11.9 Å². The number of hydrogen-bond donors (Lipinski definition) is 1. The largest absolute Gasteiger partial charge is 0.478 e. The molecule has 3 aromatic carbocycles. The number of hydrogen-bond acceptors (Lipinski definition) is 3. The summed E-state index contributed by atoms with van der Waals surface area (Å²) in [7, 11) is 0. The molecule has 1 fully saturated rings. The van der Waals surface area contributed by atoms with E-state index in [1.807, 2.05) is 6.07 Å². The van der Waals surface area contributed by atoms with Crippen molar-refractivity contribution in [2.75, 3.05) is 26.2 Å². The number of aromatic carboxylic acids is 1. The molecule has 0 aliphatic carbocycles. The number of rotatable bonds is 5. The summed E-state index contributed by atoms with van der Waals surface area (Å²) >= 11 is 0. The van der Waals surface area contributed by atoms with Crippen molar-refractivity contribution in [2.24, 2.45) is 0 Å². The van der Waals surface area contributed by atoms with Crippen LogP contribution in [0.3, 0.4) is 0 Å². The van der Waals surface area contributed by atoms with Gasteiger partial charge in [-0.15, -0.1) is 0 Å². The number of aryl methyl sites for hydroxylation is 2. The van der Waals surface area contributed by atoms with E-state index in [1.54, 1.807) is 23.1 Å². The highest BCUT2D eigenvalue weighted by Crippen LogP contribution is 2.32. The molecule has 3 aromatic rings. The fraction of sp³-hybridized carbons (Fsp3) is 0.259. The average molecular weight is 429 g/mol. The first-order valence-corrected chi connectivity index (χ1v) is 10.9. The van der Waals surface area contributed by atoms with E-state index < -0.39 is 5.97 Å². The molecule has 1 aliphatic rings. The Balaban J connectivity index is 1.58. The molecular weight excluding hydrogens is 400 g/mol. The van der Waals surface area contributed by atoms with Gasteiger partial charge in [0.25, 0.3) is 5.91 Å². The van der Waals surface area contributed by atoms with Crippen LogP contribution in [0.5, 0.6) is 0 Å². The van der Waals surface area contributed by atoms with Gasteiger partial charge in [-0.1, -0.05) is 66.2 Å². The van der Waals surface area contributed by atoms with Crippen LogP contribution in [0, 0.1) is 13.8 Å². The van der Waals surface area contributed by atoms with Crippen LogP contribution in [-0.4, -0.2) is 53.0 Å². The Morgan fingerprint density at radius 2 is 1.44 bits per heavy atom. The number of carboxylic acids is 1. The van der Waals surface area contributed by atoms with Gasteiger partial charge < -0.3 is 10.0 Å². The Morgan fingerprint density at radius 3 is 2.09 bits per heavy atom. The van der Waals surface area contributed by atoms with E-state index in [1.165, 1.54) is 28.3 Å². The molecule has 32 heavy (non-hydrogen) atoms. The number of carbonyl (C=O) groups excluding carboxylic acids is 1. The zero-order valence-corrected chi connectivity index (χ0v) is 18.5. The monoisotopic (exact) mass is 428 g/mol. The predicted molar refractivity (Wildman–Crippen MR) is 125 cm³/mol. The van der Waals surface area contributed by atoms with Crippen LogP contribution in [0.4, 0.5) is 0 Å². The first-order chi connectivity index (χ1) is 15.5. The molecule has 0 bridgehead atoms. The van der Waals surface area contributed by atoms with Gasteiger partial charge in [0.2, 0.25) is 0 Å². The highest BCUT2D eigenvalue weighted by Gasteiger charge is 2.30. The van der Waals surface area contributed by atoms with Crippen molar-refractivity contribution in [1.29, 1.82) is 0 Å². The van der Waals surface area contributed by atoms with Crippen LogP contribution in [0.1, 0.15) is 49.0 Å². The number of carbonyl (C=O) groups is 2. The Labute approximate surface area is 188 Å². The number of benzene rings is 3. The van der Waals surface area contributed by atoms with Gasteiger partial charge in [-0.2, -0.15) is 0 Å². The minimum absolute atomic E-state index is 0.0532. The molecule has 1 saturated heterocycles. The number of amides is 1. The molecule has 1 N–H and O–H groups in total. The van der Waals surface area contributed by atoms with Gasteiger partial charge >= 0.3 is 5.97 Å². The van der Waals surface area contributed by atoms with Crippen LogP contribution in [0.2, 0.25) is 0 Å². The number of piperazine rings is 1. The van der Waals surface area contributed by atoms with E-state index in [0.717, 1.165) is 0 Å². The predicted octanol–water partition coefficient (Wildman–Crippen LogP) is 4.55. The van der Waals surface area contributed by atoms with E-state index in [-0.39, 0.29) is 23.1 Å². The van der Waals surface area contributed by atoms with Gasteiger partial charge in [-0.3, -0.25) is 9.69 Å². The highest BCUT2D eigenvalue weighted by molar-refractivity contribution is 6.04. The molecule has 1 heterocycles. The van der Waals surface area contributed by atoms with Gasteiger partial charge in [-0.25, -0.2) is 4.79 Å². The molecule has 1 atom stereocenters. The molecule has 0 aromatic heterocycles. The lowest BCUT2D eigenvalue weighted by Gasteiger charge is -2.40. The van der Waals surface area contributed by atoms with E-state index in [0.29, 0.717) is 26.2 Å². The van der Waals surface area contributed by atoms with Crippen LogP contribution in [-0.2, 0) is 0 Å². The summed E-state index contributed by atoms with van der Waals surface area (Å²) in [6.07, 6.45) is 0. The standard InChI is InChI=1S/C27H28N2O3/c1-19-12-13-20(2)24(18-19)25(21-8-4-3-5-9-21)28-14-16-29(17-15-28)26(30)22-10-6-7-11-23(22)27(31)32/h3-13,18,25H,14-17H2,1-2H3,(H,31,32)/t25-/m1/s1. The van der Waals surface area contributed by atoms with E-state index in [2.05, 4.69) is 61.2 Å². The Hall–Kier alpha value is -3.44. The van der Waals surface area contributed by atoms with E-state index in [4.69, 9.17) is 0 Å². The van der Waals surface area contributed by atoms with Crippen molar-refractivity contribution in [3.8, 4) is 0 Å².